The number of hydrogen-bond acceptors (Lipinski definition) is 6. The molecule has 4 rings (SSSR count). The van der Waals surface area contributed by atoms with Gasteiger partial charge in [0.2, 0.25) is 0 Å². The number of aliphatic hydroxyl groups excluding tert-OH is 1. The highest BCUT2D eigenvalue weighted by Crippen LogP contribution is 2.37. The van der Waals surface area contributed by atoms with Gasteiger partial charge in [0.15, 0.2) is 5.78 Å². The second kappa shape index (κ2) is 9.25. The molecule has 0 saturated heterocycles. The molecule has 2 aliphatic rings. The van der Waals surface area contributed by atoms with Crippen LogP contribution in [-0.4, -0.2) is 47.0 Å². The molecule has 0 atom stereocenters. The third kappa shape index (κ3) is 4.64. The lowest BCUT2D eigenvalue weighted by Crippen LogP contribution is -2.33. The Bertz CT molecular complexity index is 1190. The van der Waals surface area contributed by atoms with E-state index in [-0.39, 0.29) is 47.3 Å². The van der Waals surface area contributed by atoms with Gasteiger partial charge in [-0.15, -0.1) is 0 Å². The first-order chi connectivity index (χ1) is 16.2. The summed E-state index contributed by atoms with van der Waals surface area (Å²) < 4.78 is 5.27. The van der Waals surface area contributed by atoms with E-state index in [1.807, 2.05) is 32.0 Å². The SMILES string of the molecule is COc1cccc(N=C2CC(C)(C)CC(=O)/C2=C(\O)CCCN2C(=O)c3ccccc3C2=O)c1. The van der Waals surface area contributed by atoms with Crippen LogP contribution < -0.4 is 4.74 Å². The average molecular weight is 461 g/mol. The summed E-state index contributed by atoms with van der Waals surface area (Å²) in [6, 6.07) is 13.9. The Morgan fingerprint density at radius 2 is 1.71 bits per heavy atom. The third-order valence-corrected chi connectivity index (χ3v) is 6.13. The van der Waals surface area contributed by atoms with Gasteiger partial charge in [0.05, 0.1) is 35.2 Å². The van der Waals surface area contributed by atoms with E-state index in [2.05, 4.69) is 0 Å². The molecule has 7 heteroatoms. The Morgan fingerprint density at radius 3 is 2.35 bits per heavy atom. The van der Waals surface area contributed by atoms with Crippen molar-refractivity contribution in [1.29, 1.82) is 0 Å². The van der Waals surface area contributed by atoms with E-state index in [1.165, 1.54) is 4.90 Å². The minimum Gasteiger partial charge on any atom is -0.511 e. The third-order valence-electron chi connectivity index (χ3n) is 6.13. The molecule has 0 radical (unpaired) electrons. The molecule has 176 valence electrons. The molecule has 7 nitrogen and oxygen atoms in total. The van der Waals surface area contributed by atoms with Gasteiger partial charge in [-0.3, -0.25) is 24.3 Å². The number of benzene rings is 2. The zero-order chi connectivity index (χ0) is 24.5. The van der Waals surface area contributed by atoms with Crippen molar-refractivity contribution < 1.29 is 24.2 Å². The van der Waals surface area contributed by atoms with Crippen molar-refractivity contribution in [2.45, 2.75) is 39.5 Å². The molecule has 0 unspecified atom stereocenters. The number of ether oxygens (including phenoxy) is 1. The average Bonchev–Trinajstić information content (AvgIpc) is 3.03. The fraction of sp³-hybridized carbons (Fsp3) is 0.333. The van der Waals surface area contributed by atoms with E-state index in [1.54, 1.807) is 37.4 Å². The summed E-state index contributed by atoms with van der Waals surface area (Å²) in [6.07, 6.45) is 1.34. The summed E-state index contributed by atoms with van der Waals surface area (Å²) in [5.74, 6) is -0.221. The van der Waals surface area contributed by atoms with E-state index in [0.29, 0.717) is 47.5 Å². The van der Waals surface area contributed by atoms with Crippen molar-refractivity contribution >= 4 is 29.0 Å². The Kier molecular flexibility index (Phi) is 6.37. The molecule has 1 N–H and O–H groups in total. The number of aliphatic hydroxyl groups is 1. The first-order valence-electron chi connectivity index (χ1n) is 11.3. The lowest BCUT2D eigenvalue weighted by molar-refractivity contribution is -0.117. The minimum atomic E-state index is -0.330. The molecular weight excluding hydrogens is 432 g/mol. The molecular formula is C27H28N2O5. The van der Waals surface area contributed by atoms with Crippen molar-refractivity contribution in [3.63, 3.8) is 0 Å². The second-order valence-corrected chi connectivity index (χ2v) is 9.43. The molecule has 2 aromatic carbocycles. The zero-order valence-electron chi connectivity index (χ0n) is 19.6. The lowest BCUT2D eigenvalue weighted by atomic mass is 9.73. The molecule has 0 aromatic heterocycles. The lowest BCUT2D eigenvalue weighted by Gasteiger charge is -2.31. The van der Waals surface area contributed by atoms with Crippen molar-refractivity contribution in [2.24, 2.45) is 10.4 Å². The molecule has 1 aliphatic heterocycles. The first-order valence-corrected chi connectivity index (χ1v) is 11.3. The number of hydrogen-bond donors (Lipinski definition) is 1. The number of carbonyl (C=O) groups is 3. The molecule has 34 heavy (non-hydrogen) atoms. The molecule has 1 saturated carbocycles. The number of fused-ring (bicyclic) bond motifs is 1. The number of ketones is 1. The summed E-state index contributed by atoms with van der Waals surface area (Å²) in [4.78, 5) is 44.0. The number of methoxy groups -OCH3 is 1. The number of carbonyl (C=O) groups excluding carboxylic acids is 3. The van der Waals surface area contributed by atoms with E-state index >= 15 is 0 Å². The Balaban J connectivity index is 1.54. The maximum Gasteiger partial charge on any atom is 0.261 e. The molecule has 2 amide bonds. The topological polar surface area (TPSA) is 96.3 Å². The molecule has 1 heterocycles. The molecule has 1 fully saturated rings. The molecule has 0 bridgehead atoms. The van der Waals surface area contributed by atoms with Crippen LogP contribution in [0.25, 0.3) is 0 Å². The number of amides is 2. The van der Waals surface area contributed by atoms with Gasteiger partial charge < -0.3 is 9.84 Å². The van der Waals surface area contributed by atoms with Gasteiger partial charge in [-0.25, -0.2) is 0 Å². The highest BCUT2D eigenvalue weighted by molar-refractivity contribution is 6.25. The number of Topliss-reactive ketones (excluding diaryl/α,β-unsaturated/α-hetero) is 1. The van der Waals surface area contributed by atoms with Gasteiger partial charge in [-0.2, -0.15) is 0 Å². The predicted molar refractivity (Wildman–Crippen MR) is 129 cm³/mol. The molecule has 2 aromatic rings. The summed E-state index contributed by atoms with van der Waals surface area (Å²) in [5.41, 5.74) is 1.92. The number of rotatable bonds is 6. The van der Waals surface area contributed by atoms with Crippen molar-refractivity contribution in [3.05, 3.63) is 71.0 Å². The van der Waals surface area contributed by atoms with E-state index < -0.39 is 0 Å². The number of imide groups is 1. The monoisotopic (exact) mass is 460 g/mol. The van der Waals surface area contributed by atoms with Crippen LogP contribution in [0.2, 0.25) is 0 Å². The Hall–Kier alpha value is -3.74. The molecule has 0 spiro atoms. The van der Waals surface area contributed by atoms with Crippen LogP contribution in [0, 0.1) is 5.41 Å². The van der Waals surface area contributed by atoms with Crippen LogP contribution in [0.4, 0.5) is 5.69 Å². The standard InChI is InChI=1S/C27H28N2O5/c1-27(2)15-21(28-17-8-6-9-18(14-17)34-3)24(23(31)16-27)22(30)12-7-13-29-25(32)19-10-4-5-11-20(19)26(29)33/h4-6,8-11,14,30H,7,12-13,15-16H2,1-3H3/b24-22-,28-21?. The largest absolute Gasteiger partial charge is 0.511 e. The van der Waals surface area contributed by atoms with Gasteiger partial charge in [-0.1, -0.05) is 32.0 Å². The van der Waals surface area contributed by atoms with Crippen LogP contribution in [0.3, 0.4) is 0 Å². The predicted octanol–water partition coefficient (Wildman–Crippen LogP) is 5.05. The number of nitrogens with zero attached hydrogens (tertiary/aromatic N) is 2. The van der Waals surface area contributed by atoms with Gasteiger partial charge in [0.25, 0.3) is 11.8 Å². The van der Waals surface area contributed by atoms with Crippen LogP contribution >= 0.6 is 0 Å². The second-order valence-electron chi connectivity index (χ2n) is 9.43. The highest BCUT2D eigenvalue weighted by atomic mass is 16.5. The van der Waals surface area contributed by atoms with Crippen LogP contribution in [0.15, 0.2) is 64.9 Å². The quantitative estimate of drug-likeness (QED) is 0.370. The van der Waals surface area contributed by atoms with Crippen molar-refractivity contribution in [2.75, 3.05) is 13.7 Å². The van der Waals surface area contributed by atoms with Gasteiger partial charge in [0.1, 0.15) is 11.5 Å². The first kappa shape index (κ1) is 23.4. The normalized spacial score (nSPS) is 20.0. The zero-order valence-corrected chi connectivity index (χ0v) is 19.6. The Morgan fingerprint density at radius 1 is 1.03 bits per heavy atom. The van der Waals surface area contributed by atoms with Gasteiger partial charge >= 0.3 is 0 Å². The van der Waals surface area contributed by atoms with Crippen molar-refractivity contribution in [1.82, 2.24) is 4.90 Å². The smallest absolute Gasteiger partial charge is 0.261 e. The summed E-state index contributed by atoms with van der Waals surface area (Å²) in [7, 11) is 1.57. The molecule has 1 aliphatic carbocycles. The van der Waals surface area contributed by atoms with E-state index in [0.717, 1.165) is 0 Å². The summed E-state index contributed by atoms with van der Waals surface area (Å²) >= 11 is 0. The van der Waals surface area contributed by atoms with Crippen LogP contribution in [-0.2, 0) is 4.79 Å². The maximum atomic E-state index is 13.0. The highest BCUT2D eigenvalue weighted by Gasteiger charge is 2.37. The van der Waals surface area contributed by atoms with E-state index in [9.17, 15) is 19.5 Å². The Labute approximate surface area is 198 Å². The fourth-order valence-corrected chi connectivity index (χ4v) is 4.52. The van der Waals surface area contributed by atoms with Crippen molar-refractivity contribution in [3.8, 4) is 5.75 Å². The fourth-order valence-electron chi connectivity index (χ4n) is 4.52. The number of allylic oxidation sites excluding steroid dienone is 2. The number of aliphatic imine (C=N–C) groups is 1. The van der Waals surface area contributed by atoms with Crippen LogP contribution in [0.5, 0.6) is 5.75 Å². The van der Waals surface area contributed by atoms with Gasteiger partial charge in [-0.05, 0) is 42.5 Å². The summed E-state index contributed by atoms with van der Waals surface area (Å²) in [5, 5.41) is 10.9. The minimum absolute atomic E-state index is 0.0567. The summed E-state index contributed by atoms with van der Waals surface area (Å²) in [6.45, 7) is 4.16. The van der Waals surface area contributed by atoms with Crippen LogP contribution in [0.1, 0.15) is 60.2 Å². The van der Waals surface area contributed by atoms with Gasteiger partial charge in [0, 0.05) is 25.5 Å². The van der Waals surface area contributed by atoms with E-state index in [4.69, 9.17) is 9.73 Å². The maximum absolute atomic E-state index is 13.0.